The van der Waals surface area contributed by atoms with Crippen LogP contribution in [-0.4, -0.2) is 14.2 Å². The van der Waals surface area contributed by atoms with Crippen molar-refractivity contribution in [2.24, 2.45) is 0 Å². The van der Waals surface area contributed by atoms with Crippen LogP contribution >= 0.6 is 0 Å². The van der Waals surface area contributed by atoms with Crippen molar-refractivity contribution in [2.45, 2.75) is 13.5 Å². The minimum absolute atomic E-state index is 0.245. The highest BCUT2D eigenvalue weighted by molar-refractivity contribution is 5.48. The maximum absolute atomic E-state index is 13.3. The summed E-state index contributed by atoms with van der Waals surface area (Å²) in [6, 6.07) is 10.5. The number of halogens is 1. The van der Waals surface area contributed by atoms with E-state index in [1.807, 2.05) is 31.2 Å². The molecule has 2 aromatic rings. The van der Waals surface area contributed by atoms with Gasteiger partial charge in [0.05, 0.1) is 14.2 Å². The summed E-state index contributed by atoms with van der Waals surface area (Å²) in [6.07, 6.45) is 0. The van der Waals surface area contributed by atoms with Gasteiger partial charge in [0.1, 0.15) is 17.3 Å². The molecule has 0 heterocycles. The zero-order valence-electron chi connectivity index (χ0n) is 11.9. The van der Waals surface area contributed by atoms with Crippen LogP contribution in [0.15, 0.2) is 36.4 Å². The van der Waals surface area contributed by atoms with Gasteiger partial charge in [-0.05, 0) is 48.9 Å². The largest absolute Gasteiger partial charge is 0.497 e. The van der Waals surface area contributed by atoms with Gasteiger partial charge in [0.15, 0.2) is 0 Å². The molecule has 1 N–H and O–H groups in total. The first-order chi connectivity index (χ1) is 9.62. The molecule has 0 unspecified atom stereocenters. The third-order valence-electron chi connectivity index (χ3n) is 3.01. The Morgan fingerprint density at radius 1 is 1.05 bits per heavy atom. The predicted molar refractivity (Wildman–Crippen MR) is 78.0 cm³/mol. The Hall–Kier alpha value is -2.23. The van der Waals surface area contributed by atoms with Crippen molar-refractivity contribution >= 4 is 5.69 Å². The molecule has 0 aliphatic heterocycles. The fourth-order valence-corrected chi connectivity index (χ4v) is 2.06. The second kappa shape index (κ2) is 6.28. The lowest BCUT2D eigenvalue weighted by Gasteiger charge is -2.12. The summed E-state index contributed by atoms with van der Waals surface area (Å²) in [6.45, 7) is 2.39. The van der Waals surface area contributed by atoms with E-state index in [9.17, 15) is 4.39 Å². The molecule has 0 saturated carbocycles. The Morgan fingerprint density at radius 2 is 1.85 bits per heavy atom. The second-order valence-electron chi connectivity index (χ2n) is 4.55. The van der Waals surface area contributed by atoms with E-state index in [4.69, 9.17) is 9.47 Å². The summed E-state index contributed by atoms with van der Waals surface area (Å²) < 4.78 is 23.8. The average Bonchev–Trinajstić information content (AvgIpc) is 2.43. The lowest BCUT2D eigenvalue weighted by atomic mass is 10.1. The molecule has 0 spiro atoms. The summed E-state index contributed by atoms with van der Waals surface area (Å²) >= 11 is 0. The summed E-state index contributed by atoms with van der Waals surface area (Å²) in [5.41, 5.74) is 2.58. The van der Waals surface area contributed by atoms with Crippen molar-refractivity contribution in [3.63, 3.8) is 0 Å². The number of aryl methyl sites for hydroxylation is 1. The molecule has 0 aliphatic carbocycles. The zero-order chi connectivity index (χ0) is 14.5. The van der Waals surface area contributed by atoms with Gasteiger partial charge in [-0.3, -0.25) is 0 Å². The van der Waals surface area contributed by atoms with E-state index in [-0.39, 0.29) is 5.82 Å². The van der Waals surface area contributed by atoms with Gasteiger partial charge in [-0.2, -0.15) is 0 Å². The minimum Gasteiger partial charge on any atom is -0.497 e. The molecule has 0 radical (unpaired) electrons. The molecule has 20 heavy (non-hydrogen) atoms. The second-order valence-corrected chi connectivity index (χ2v) is 4.55. The zero-order valence-corrected chi connectivity index (χ0v) is 11.9. The minimum atomic E-state index is -0.245. The molecule has 4 heteroatoms. The standard InChI is InChI=1S/C16H18FNO2/c1-11-6-13(17)9-14(7-11)18-10-12-8-15(19-2)4-5-16(12)20-3/h4-9,18H,10H2,1-3H3. The number of anilines is 1. The first-order valence-corrected chi connectivity index (χ1v) is 6.34. The highest BCUT2D eigenvalue weighted by Crippen LogP contribution is 2.25. The van der Waals surface area contributed by atoms with E-state index in [0.717, 1.165) is 28.3 Å². The van der Waals surface area contributed by atoms with Crippen molar-refractivity contribution in [1.29, 1.82) is 0 Å². The molecule has 0 saturated heterocycles. The number of hydrogen-bond donors (Lipinski definition) is 1. The van der Waals surface area contributed by atoms with Gasteiger partial charge in [0, 0.05) is 17.8 Å². The van der Waals surface area contributed by atoms with Crippen molar-refractivity contribution in [2.75, 3.05) is 19.5 Å². The van der Waals surface area contributed by atoms with Gasteiger partial charge in [-0.15, -0.1) is 0 Å². The van der Waals surface area contributed by atoms with Gasteiger partial charge in [-0.25, -0.2) is 4.39 Å². The number of ether oxygens (including phenoxy) is 2. The van der Waals surface area contributed by atoms with Crippen molar-refractivity contribution in [1.82, 2.24) is 0 Å². The van der Waals surface area contributed by atoms with E-state index in [1.54, 1.807) is 14.2 Å². The molecule has 3 nitrogen and oxygen atoms in total. The molecule has 0 amide bonds. The quantitative estimate of drug-likeness (QED) is 0.901. The summed E-state index contributed by atoms with van der Waals surface area (Å²) in [5.74, 6) is 1.29. The first kappa shape index (κ1) is 14.2. The predicted octanol–water partition coefficient (Wildman–Crippen LogP) is 3.76. The molecule has 2 aromatic carbocycles. The monoisotopic (exact) mass is 275 g/mol. The molecule has 0 fully saturated rings. The number of hydrogen-bond acceptors (Lipinski definition) is 3. The van der Waals surface area contributed by atoms with E-state index in [0.29, 0.717) is 6.54 Å². The third-order valence-corrected chi connectivity index (χ3v) is 3.01. The lowest BCUT2D eigenvalue weighted by Crippen LogP contribution is -2.03. The fourth-order valence-electron chi connectivity index (χ4n) is 2.06. The van der Waals surface area contributed by atoms with Crippen LogP contribution in [-0.2, 0) is 6.54 Å². The van der Waals surface area contributed by atoms with E-state index in [2.05, 4.69) is 5.32 Å². The average molecular weight is 275 g/mol. The SMILES string of the molecule is COc1ccc(OC)c(CNc2cc(C)cc(F)c2)c1. The van der Waals surface area contributed by atoms with Crippen molar-refractivity contribution in [3.05, 3.63) is 53.3 Å². The van der Waals surface area contributed by atoms with Gasteiger partial charge in [0.2, 0.25) is 0 Å². The Balaban J connectivity index is 2.17. The maximum Gasteiger partial charge on any atom is 0.125 e. The normalized spacial score (nSPS) is 10.2. The van der Waals surface area contributed by atoms with E-state index < -0.39 is 0 Å². The van der Waals surface area contributed by atoms with Crippen LogP contribution < -0.4 is 14.8 Å². The maximum atomic E-state index is 13.3. The van der Waals surface area contributed by atoms with Crippen molar-refractivity contribution < 1.29 is 13.9 Å². The van der Waals surface area contributed by atoms with Crippen LogP contribution in [0.25, 0.3) is 0 Å². The molecule has 2 rings (SSSR count). The lowest BCUT2D eigenvalue weighted by molar-refractivity contribution is 0.399. The number of rotatable bonds is 5. The van der Waals surface area contributed by atoms with Gasteiger partial charge < -0.3 is 14.8 Å². The highest BCUT2D eigenvalue weighted by Gasteiger charge is 2.05. The first-order valence-electron chi connectivity index (χ1n) is 6.34. The van der Waals surface area contributed by atoms with Crippen LogP contribution in [0.4, 0.5) is 10.1 Å². The molecular weight excluding hydrogens is 257 g/mol. The third kappa shape index (κ3) is 3.41. The van der Waals surface area contributed by atoms with Crippen LogP contribution in [0, 0.1) is 12.7 Å². The fraction of sp³-hybridized carbons (Fsp3) is 0.250. The molecule has 0 aromatic heterocycles. The van der Waals surface area contributed by atoms with E-state index >= 15 is 0 Å². The van der Waals surface area contributed by atoms with Gasteiger partial charge >= 0.3 is 0 Å². The highest BCUT2D eigenvalue weighted by atomic mass is 19.1. The van der Waals surface area contributed by atoms with Crippen LogP contribution in [0.1, 0.15) is 11.1 Å². The van der Waals surface area contributed by atoms with Crippen LogP contribution in [0.5, 0.6) is 11.5 Å². The Kier molecular flexibility index (Phi) is 4.45. The summed E-state index contributed by atoms with van der Waals surface area (Å²) in [7, 11) is 3.24. The van der Waals surface area contributed by atoms with E-state index in [1.165, 1.54) is 12.1 Å². The van der Waals surface area contributed by atoms with Crippen molar-refractivity contribution in [3.8, 4) is 11.5 Å². The molecular formula is C16H18FNO2. The number of benzene rings is 2. The van der Waals surface area contributed by atoms with Gasteiger partial charge in [-0.1, -0.05) is 0 Å². The molecule has 0 aliphatic rings. The number of methoxy groups -OCH3 is 2. The summed E-state index contributed by atoms with van der Waals surface area (Å²) in [4.78, 5) is 0. The molecule has 106 valence electrons. The smallest absolute Gasteiger partial charge is 0.125 e. The topological polar surface area (TPSA) is 30.5 Å². The van der Waals surface area contributed by atoms with Crippen LogP contribution in [0.2, 0.25) is 0 Å². The van der Waals surface area contributed by atoms with Gasteiger partial charge in [0.25, 0.3) is 0 Å². The molecule has 0 atom stereocenters. The molecule has 0 bridgehead atoms. The van der Waals surface area contributed by atoms with Crippen LogP contribution in [0.3, 0.4) is 0 Å². The Labute approximate surface area is 118 Å². The number of nitrogens with one attached hydrogen (secondary N) is 1. The summed E-state index contributed by atoms with van der Waals surface area (Å²) in [5, 5.41) is 3.19. The Bertz CT molecular complexity index is 579. The Morgan fingerprint density at radius 3 is 2.50 bits per heavy atom.